The van der Waals surface area contributed by atoms with Gasteiger partial charge < -0.3 is 31.2 Å². The minimum Gasteiger partial charge on any atom is -0.461 e. The van der Waals surface area contributed by atoms with Crippen LogP contribution in [0.25, 0.3) is 10.8 Å². The predicted molar refractivity (Wildman–Crippen MR) is 168 cm³/mol. The van der Waals surface area contributed by atoms with Crippen molar-refractivity contribution in [3.63, 3.8) is 0 Å². The highest BCUT2D eigenvalue weighted by Crippen LogP contribution is 2.20. The highest BCUT2D eigenvalue weighted by atomic mass is 16.5. The number of benzene rings is 3. The number of H-pyrrole nitrogens is 1. The Morgan fingerprint density at radius 3 is 2.39 bits per heavy atom. The minimum atomic E-state index is -1.19. The van der Waals surface area contributed by atoms with E-state index in [1.807, 2.05) is 86.6 Å². The lowest BCUT2D eigenvalue weighted by molar-refractivity contribution is -0.148. The van der Waals surface area contributed by atoms with Crippen molar-refractivity contribution < 1.29 is 24.2 Å². The van der Waals surface area contributed by atoms with E-state index >= 15 is 0 Å². The first-order valence-electron chi connectivity index (χ1n) is 14.9. The fourth-order valence-corrected chi connectivity index (χ4v) is 5.12. The third-order valence-electron chi connectivity index (χ3n) is 7.40. The molecule has 10 nitrogen and oxygen atoms in total. The Balaban J connectivity index is 1.42. The minimum absolute atomic E-state index is 0.0882. The summed E-state index contributed by atoms with van der Waals surface area (Å²) in [4.78, 5) is 46.4. The molecule has 0 saturated heterocycles. The smallest absolute Gasteiger partial charge is 0.308 e. The Morgan fingerprint density at radius 2 is 1.66 bits per heavy atom. The Hall–Kier alpha value is -4.54. The van der Waals surface area contributed by atoms with Gasteiger partial charge in [0.15, 0.2) is 0 Å². The van der Waals surface area contributed by atoms with Gasteiger partial charge >= 0.3 is 5.97 Å². The molecule has 44 heavy (non-hydrogen) atoms. The molecule has 232 valence electrons. The molecule has 2 amide bonds. The number of amides is 2. The molecule has 1 heterocycles. The fraction of sp³-hybridized carbons (Fsp3) is 0.353. The van der Waals surface area contributed by atoms with Gasteiger partial charge in [0.2, 0.25) is 11.8 Å². The molecule has 1 aromatic heterocycles. The number of hydrogen-bond donors (Lipinski definition) is 5. The van der Waals surface area contributed by atoms with Gasteiger partial charge in [0, 0.05) is 18.3 Å². The van der Waals surface area contributed by atoms with Crippen LogP contribution in [0.2, 0.25) is 0 Å². The molecule has 0 aliphatic rings. The number of nitrogens with two attached hydrogens (primary N) is 1. The molecule has 4 atom stereocenters. The van der Waals surface area contributed by atoms with E-state index in [0.29, 0.717) is 12.1 Å². The number of nitrogens with zero attached hydrogens (tertiary/aromatic N) is 1. The summed E-state index contributed by atoms with van der Waals surface area (Å²) < 4.78 is 5.34. The van der Waals surface area contributed by atoms with Gasteiger partial charge in [-0.2, -0.15) is 0 Å². The van der Waals surface area contributed by atoms with E-state index in [2.05, 4.69) is 20.6 Å². The molecular formula is C34H41N5O5. The molecule has 4 aromatic rings. The number of hydrogen-bond acceptors (Lipinski definition) is 7. The van der Waals surface area contributed by atoms with Crippen LogP contribution >= 0.6 is 0 Å². The maximum Gasteiger partial charge on any atom is 0.308 e. The summed E-state index contributed by atoms with van der Waals surface area (Å²) in [6, 6.07) is 20.3. The van der Waals surface area contributed by atoms with E-state index in [0.717, 1.165) is 21.9 Å². The lowest BCUT2D eigenvalue weighted by Crippen LogP contribution is -2.56. The summed E-state index contributed by atoms with van der Waals surface area (Å²) in [7, 11) is 0. The second kappa shape index (κ2) is 15.8. The van der Waals surface area contributed by atoms with Crippen molar-refractivity contribution in [2.24, 2.45) is 11.7 Å². The lowest BCUT2D eigenvalue weighted by atomic mass is 9.96. The second-order valence-corrected chi connectivity index (χ2v) is 11.5. The average Bonchev–Trinajstić information content (AvgIpc) is 3.53. The molecule has 0 bridgehead atoms. The zero-order valence-electron chi connectivity index (χ0n) is 25.1. The van der Waals surface area contributed by atoms with Crippen molar-refractivity contribution in [2.45, 2.75) is 70.4 Å². The second-order valence-electron chi connectivity index (χ2n) is 11.5. The number of carbonyl (C=O) groups is 3. The fourth-order valence-electron chi connectivity index (χ4n) is 5.12. The highest BCUT2D eigenvalue weighted by molar-refractivity contribution is 5.91. The lowest BCUT2D eigenvalue weighted by Gasteiger charge is -2.28. The largest absolute Gasteiger partial charge is 0.461 e. The van der Waals surface area contributed by atoms with Gasteiger partial charge in [-0.25, -0.2) is 4.98 Å². The Bertz CT molecular complexity index is 1500. The number of imidazole rings is 1. The molecule has 0 saturated carbocycles. The number of aliphatic hydroxyl groups is 1. The van der Waals surface area contributed by atoms with Crippen molar-refractivity contribution >= 4 is 28.6 Å². The van der Waals surface area contributed by atoms with Gasteiger partial charge in [-0.05, 0) is 40.7 Å². The number of aromatic nitrogens is 2. The molecule has 10 heteroatoms. The molecule has 0 radical (unpaired) electrons. The third kappa shape index (κ3) is 9.48. The molecule has 0 unspecified atom stereocenters. The van der Waals surface area contributed by atoms with Crippen LogP contribution in [0.3, 0.4) is 0 Å². The standard InChI is InChI=1S/C34H41N5O5/c1-22(2)15-29(31(40)18-32(41)44-20-23-9-4-3-5-10-23)38-34(43)30(17-26-19-36-21-37-26)39-33(42)28(35)16-25-13-8-12-24-11-6-7-14-27(24)25/h3-14,19,21-22,28-31,40H,15-18,20,35H2,1-2H3,(H,36,37)(H,38,43)(H,39,42)/t28-,29+,30+,31+/m1/s1. The quantitative estimate of drug-likeness (QED) is 0.131. The molecule has 0 fully saturated rings. The maximum atomic E-state index is 13.6. The summed E-state index contributed by atoms with van der Waals surface area (Å²) in [5, 5.41) is 18.7. The molecule has 3 aromatic carbocycles. The van der Waals surface area contributed by atoms with Gasteiger partial charge in [0.25, 0.3) is 0 Å². The average molecular weight is 600 g/mol. The number of carbonyl (C=O) groups excluding carboxylic acids is 3. The van der Waals surface area contributed by atoms with Crippen LogP contribution in [0.5, 0.6) is 0 Å². The summed E-state index contributed by atoms with van der Waals surface area (Å²) in [5.74, 6) is -1.47. The topological polar surface area (TPSA) is 159 Å². The summed E-state index contributed by atoms with van der Waals surface area (Å²) in [6.07, 6.45) is 2.40. The summed E-state index contributed by atoms with van der Waals surface area (Å²) in [6.45, 7) is 4.00. The first-order valence-corrected chi connectivity index (χ1v) is 14.9. The Labute approximate surface area is 257 Å². The molecular weight excluding hydrogens is 558 g/mol. The van der Waals surface area contributed by atoms with Gasteiger partial charge in [0.05, 0.1) is 30.9 Å². The number of esters is 1. The van der Waals surface area contributed by atoms with E-state index in [1.165, 1.54) is 6.33 Å². The first-order chi connectivity index (χ1) is 21.2. The van der Waals surface area contributed by atoms with Gasteiger partial charge in [-0.15, -0.1) is 0 Å². The van der Waals surface area contributed by atoms with Crippen molar-refractivity contribution in [1.29, 1.82) is 0 Å². The molecule has 4 rings (SSSR count). The predicted octanol–water partition coefficient (Wildman–Crippen LogP) is 3.19. The van der Waals surface area contributed by atoms with Crippen LogP contribution in [0.1, 0.15) is 43.5 Å². The van der Waals surface area contributed by atoms with Crippen LogP contribution in [-0.2, 0) is 38.6 Å². The SMILES string of the molecule is CC(C)C[C@H](NC(=O)[C@H](Cc1cnc[nH]1)NC(=O)[C@H](N)Cc1cccc2ccccc12)[C@@H](O)CC(=O)OCc1ccccc1. The van der Waals surface area contributed by atoms with E-state index in [4.69, 9.17) is 10.5 Å². The third-order valence-corrected chi connectivity index (χ3v) is 7.40. The van der Waals surface area contributed by atoms with Gasteiger partial charge in [0.1, 0.15) is 12.6 Å². The maximum absolute atomic E-state index is 13.6. The summed E-state index contributed by atoms with van der Waals surface area (Å²) in [5.41, 5.74) is 8.75. The van der Waals surface area contributed by atoms with Crippen LogP contribution in [0.15, 0.2) is 85.3 Å². The number of aromatic amines is 1. The zero-order valence-corrected chi connectivity index (χ0v) is 25.1. The first kappa shape index (κ1) is 32.4. The molecule has 0 spiro atoms. The van der Waals surface area contributed by atoms with Crippen LogP contribution < -0.4 is 16.4 Å². The number of rotatable bonds is 15. The zero-order chi connectivity index (χ0) is 31.5. The number of nitrogens with one attached hydrogen (secondary N) is 3. The van der Waals surface area contributed by atoms with Gasteiger partial charge in [-0.3, -0.25) is 14.4 Å². The van der Waals surface area contributed by atoms with E-state index < -0.39 is 42.0 Å². The van der Waals surface area contributed by atoms with Crippen molar-refractivity contribution in [3.8, 4) is 0 Å². The van der Waals surface area contributed by atoms with E-state index in [-0.39, 0.29) is 31.8 Å². The van der Waals surface area contributed by atoms with Crippen molar-refractivity contribution in [1.82, 2.24) is 20.6 Å². The monoisotopic (exact) mass is 599 g/mol. The van der Waals surface area contributed by atoms with Gasteiger partial charge in [-0.1, -0.05) is 86.6 Å². The normalized spacial score (nSPS) is 14.0. The van der Waals surface area contributed by atoms with Crippen LogP contribution in [0.4, 0.5) is 0 Å². The Kier molecular flexibility index (Phi) is 11.6. The number of ether oxygens (including phenoxy) is 1. The summed E-state index contributed by atoms with van der Waals surface area (Å²) >= 11 is 0. The van der Waals surface area contributed by atoms with E-state index in [9.17, 15) is 19.5 Å². The molecule has 0 aliphatic carbocycles. The Morgan fingerprint density at radius 1 is 0.932 bits per heavy atom. The molecule has 0 aliphatic heterocycles. The number of aliphatic hydroxyl groups excluding tert-OH is 1. The molecule has 6 N–H and O–H groups in total. The van der Waals surface area contributed by atoms with Crippen LogP contribution in [0, 0.1) is 5.92 Å². The number of fused-ring (bicyclic) bond motifs is 1. The van der Waals surface area contributed by atoms with Crippen molar-refractivity contribution in [3.05, 3.63) is 102 Å². The highest BCUT2D eigenvalue weighted by Gasteiger charge is 2.30. The van der Waals surface area contributed by atoms with Crippen LogP contribution in [-0.4, -0.2) is 57.1 Å². The van der Waals surface area contributed by atoms with E-state index in [1.54, 1.807) is 6.20 Å². The van der Waals surface area contributed by atoms with Crippen molar-refractivity contribution in [2.75, 3.05) is 0 Å².